The second kappa shape index (κ2) is 5.93. The van der Waals surface area contributed by atoms with Crippen molar-refractivity contribution in [2.24, 2.45) is 0 Å². The highest BCUT2D eigenvalue weighted by Crippen LogP contribution is 2.25. The summed E-state index contributed by atoms with van der Waals surface area (Å²) in [5.41, 5.74) is 3.25. The van der Waals surface area contributed by atoms with Crippen LogP contribution in [0.3, 0.4) is 0 Å². The predicted molar refractivity (Wildman–Crippen MR) is 89.5 cm³/mol. The summed E-state index contributed by atoms with van der Waals surface area (Å²) in [7, 11) is 0. The number of benzene rings is 2. The zero-order valence-electron chi connectivity index (χ0n) is 11.9. The zero-order valence-corrected chi connectivity index (χ0v) is 13.5. The molecule has 0 aliphatic heterocycles. The monoisotopic (exact) mass is 360 g/mol. The van der Waals surface area contributed by atoms with Crippen LogP contribution in [-0.4, -0.2) is 10.9 Å². The first kappa shape index (κ1) is 14.8. The number of anilines is 1. The quantitative estimate of drug-likeness (QED) is 0.706. The number of hydrogen-bond acceptors (Lipinski definition) is 1. The topological polar surface area (TPSA) is 44.9 Å². The lowest BCUT2D eigenvalue weighted by Gasteiger charge is -2.07. The second-order valence-electron chi connectivity index (χ2n) is 5.12. The molecule has 2 N–H and O–H groups in total. The van der Waals surface area contributed by atoms with Gasteiger partial charge in [0.05, 0.1) is 12.1 Å². The predicted octanol–water partition coefficient (Wildman–Crippen LogP) is 4.56. The van der Waals surface area contributed by atoms with Crippen molar-refractivity contribution >= 4 is 38.4 Å². The molecule has 0 saturated heterocycles. The number of aryl methyl sites for hydroxylation is 1. The number of H-pyrrole nitrogens is 1. The van der Waals surface area contributed by atoms with Crippen LogP contribution in [0.15, 0.2) is 46.9 Å². The standard InChI is InChI=1S/C17H14BrFN2O/c1-10-12(13-8-11(19)6-7-15(13)20-10)9-17(22)21-16-5-3-2-4-14(16)18/h2-8,20H,9H2,1H3,(H,21,22). The van der Waals surface area contributed by atoms with E-state index in [0.717, 1.165) is 32.3 Å². The van der Waals surface area contributed by atoms with Gasteiger partial charge in [-0.05, 0) is 58.7 Å². The molecular weight excluding hydrogens is 347 g/mol. The minimum atomic E-state index is -0.307. The van der Waals surface area contributed by atoms with Gasteiger partial charge in [0.1, 0.15) is 5.82 Å². The van der Waals surface area contributed by atoms with Crippen molar-refractivity contribution in [2.45, 2.75) is 13.3 Å². The van der Waals surface area contributed by atoms with Crippen molar-refractivity contribution in [1.29, 1.82) is 0 Å². The fourth-order valence-electron chi connectivity index (χ4n) is 2.50. The number of fused-ring (bicyclic) bond motifs is 1. The van der Waals surface area contributed by atoms with Crippen molar-refractivity contribution in [3.8, 4) is 0 Å². The summed E-state index contributed by atoms with van der Waals surface area (Å²) in [6, 6.07) is 12.0. The fraction of sp³-hybridized carbons (Fsp3) is 0.118. The Balaban J connectivity index is 1.87. The lowest BCUT2D eigenvalue weighted by molar-refractivity contribution is -0.115. The third-order valence-corrected chi connectivity index (χ3v) is 4.26. The van der Waals surface area contributed by atoms with Crippen LogP contribution in [0.5, 0.6) is 0 Å². The maximum absolute atomic E-state index is 13.4. The van der Waals surface area contributed by atoms with Crippen LogP contribution in [0.4, 0.5) is 10.1 Å². The fourth-order valence-corrected chi connectivity index (χ4v) is 2.88. The largest absolute Gasteiger partial charge is 0.358 e. The molecule has 0 bridgehead atoms. The van der Waals surface area contributed by atoms with Gasteiger partial charge in [0, 0.05) is 21.1 Å². The number of nitrogens with one attached hydrogen (secondary N) is 2. The van der Waals surface area contributed by atoms with Gasteiger partial charge in [0.15, 0.2) is 0 Å². The molecule has 2 aromatic carbocycles. The van der Waals surface area contributed by atoms with E-state index in [1.165, 1.54) is 12.1 Å². The van der Waals surface area contributed by atoms with E-state index in [0.29, 0.717) is 0 Å². The summed E-state index contributed by atoms with van der Waals surface area (Å²) in [5, 5.41) is 3.61. The van der Waals surface area contributed by atoms with Gasteiger partial charge < -0.3 is 10.3 Å². The van der Waals surface area contributed by atoms with Crippen LogP contribution in [0.1, 0.15) is 11.3 Å². The van der Waals surface area contributed by atoms with E-state index >= 15 is 0 Å². The Morgan fingerprint density at radius 3 is 2.82 bits per heavy atom. The van der Waals surface area contributed by atoms with Crippen LogP contribution in [0.2, 0.25) is 0 Å². The summed E-state index contributed by atoms with van der Waals surface area (Å²) in [5.74, 6) is -0.445. The summed E-state index contributed by atoms with van der Waals surface area (Å²) in [6.07, 6.45) is 0.191. The number of aromatic nitrogens is 1. The number of aromatic amines is 1. The van der Waals surface area contributed by atoms with Crippen molar-refractivity contribution in [3.63, 3.8) is 0 Å². The van der Waals surface area contributed by atoms with E-state index in [-0.39, 0.29) is 18.1 Å². The Hall–Kier alpha value is -2.14. The molecule has 3 rings (SSSR count). The molecule has 0 spiro atoms. The summed E-state index contributed by atoms with van der Waals surface area (Å²) >= 11 is 3.40. The van der Waals surface area contributed by atoms with Gasteiger partial charge in [-0.3, -0.25) is 4.79 Å². The van der Waals surface area contributed by atoms with Gasteiger partial charge in [-0.15, -0.1) is 0 Å². The highest BCUT2D eigenvalue weighted by Gasteiger charge is 2.14. The average molecular weight is 361 g/mol. The number of rotatable bonds is 3. The molecule has 0 atom stereocenters. The molecule has 5 heteroatoms. The summed E-state index contributed by atoms with van der Waals surface area (Å²) < 4.78 is 14.3. The molecule has 0 fully saturated rings. The number of hydrogen-bond donors (Lipinski definition) is 2. The van der Waals surface area contributed by atoms with E-state index in [4.69, 9.17) is 0 Å². The Kier molecular flexibility index (Phi) is 3.98. The van der Waals surface area contributed by atoms with Crippen LogP contribution < -0.4 is 5.32 Å². The molecule has 3 nitrogen and oxygen atoms in total. The Labute approximate surface area is 135 Å². The van der Waals surface area contributed by atoms with Crippen LogP contribution in [0, 0.1) is 12.7 Å². The molecule has 0 unspecified atom stereocenters. The second-order valence-corrected chi connectivity index (χ2v) is 5.98. The maximum Gasteiger partial charge on any atom is 0.228 e. The molecule has 0 aliphatic rings. The Bertz CT molecular complexity index is 857. The van der Waals surface area contributed by atoms with E-state index < -0.39 is 0 Å². The molecule has 1 aromatic heterocycles. The van der Waals surface area contributed by atoms with Crippen LogP contribution >= 0.6 is 15.9 Å². The summed E-state index contributed by atoms with van der Waals surface area (Å²) in [4.78, 5) is 15.5. The Morgan fingerprint density at radius 2 is 2.05 bits per heavy atom. The molecule has 1 heterocycles. The highest BCUT2D eigenvalue weighted by atomic mass is 79.9. The number of amides is 1. The van der Waals surface area contributed by atoms with Gasteiger partial charge in [0.25, 0.3) is 0 Å². The third kappa shape index (κ3) is 2.90. The molecule has 112 valence electrons. The van der Waals surface area contributed by atoms with E-state index in [1.54, 1.807) is 6.07 Å². The van der Waals surface area contributed by atoms with E-state index in [2.05, 4.69) is 26.2 Å². The minimum absolute atomic E-state index is 0.139. The first-order valence-corrected chi connectivity index (χ1v) is 7.65. The molecular formula is C17H14BrFN2O. The normalized spacial score (nSPS) is 10.9. The smallest absolute Gasteiger partial charge is 0.228 e. The molecule has 3 aromatic rings. The van der Waals surface area contributed by atoms with Crippen LogP contribution in [0.25, 0.3) is 10.9 Å². The zero-order chi connectivity index (χ0) is 15.7. The van der Waals surface area contributed by atoms with Gasteiger partial charge in [0.2, 0.25) is 5.91 Å². The SMILES string of the molecule is Cc1[nH]c2ccc(F)cc2c1CC(=O)Nc1ccccc1Br. The number of halogens is 2. The van der Waals surface area contributed by atoms with Crippen LogP contribution in [-0.2, 0) is 11.2 Å². The number of para-hydroxylation sites is 1. The first-order chi connectivity index (χ1) is 10.5. The molecule has 22 heavy (non-hydrogen) atoms. The van der Waals surface area contributed by atoms with Crippen molar-refractivity contribution in [2.75, 3.05) is 5.32 Å². The lowest BCUT2D eigenvalue weighted by Crippen LogP contribution is -2.15. The number of carbonyl (C=O) groups is 1. The average Bonchev–Trinajstić information content (AvgIpc) is 2.77. The lowest BCUT2D eigenvalue weighted by atomic mass is 10.1. The first-order valence-electron chi connectivity index (χ1n) is 6.85. The van der Waals surface area contributed by atoms with Gasteiger partial charge in [-0.2, -0.15) is 0 Å². The number of carbonyl (C=O) groups excluding carboxylic acids is 1. The van der Waals surface area contributed by atoms with Crippen molar-refractivity contribution < 1.29 is 9.18 Å². The highest BCUT2D eigenvalue weighted by molar-refractivity contribution is 9.10. The van der Waals surface area contributed by atoms with Crippen molar-refractivity contribution in [1.82, 2.24) is 4.98 Å². The molecule has 0 radical (unpaired) electrons. The van der Waals surface area contributed by atoms with Gasteiger partial charge >= 0.3 is 0 Å². The minimum Gasteiger partial charge on any atom is -0.358 e. The third-order valence-electron chi connectivity index (χ3n) is 3.57. The van der Waals surface area contributed by atoms with Crippen molar-refractivity contribution in [3.05, 3.63) is 64.0 Å². The molecule has 1 amide bonds. The molecule has 0 aliphatic carbocycles. The van der Waals surface area contributed by atoms with E-state index in [1.807, 2.05) is 31.2 Å². The maximum atomic E-state index is 13.4. The molecule has 0 saturated carbocycles. The summed E-state index contributed by atoms with van der Waals surface area (Å²) in [6.45, 7) is 1.89. The van der Waals surface area contributed by atoms with Gasteiger partial charge in [-0.25, -0.2) is 4.39 Å². The Morgan fingerprint density at radius 1 is 1.27 bits per heavy atom. The van der Waals surface area contributed by atoms with Gasteiger partial charge in [-0.1, -0.05) is 12.1 Å². The van der Waals surface area contributed by atoms with E-state index in [9.17, 15) is 9.18 Å².